The molecule has 8 aromatic rings. The second-order valence-corrected chi connectivity index (χ2v) is 12.9. The molecule has 0 spiro atoms. The molecule has 3 aliphatic rings. The number of benzene rings is 5. The van der Waals surface area contributed by atoms with Crippen LogP contribution >= 0.6 is 0 Å². The molecule has 3 aromatic heterocycles. The van der Waals surface area contributed by atoms with Crippen molar-refractivity contribution >= 4 is 60.3 Å². The molecule has 47 heavy (non-hydrogen) atoms. The Kier molecular flexibility index (Phi) is 4.95. The van der Waals surface area contributed by atoms with Gasteiger partial charge in [0, 0.05) is 33.7 Å². The van der Waals surface area contributed by atoms with Crippen LogP contribution in [0.3, 0.4) is 0 Å². The van der Waals surface area contributed by atoms with E-state index in [0.717, 1.165) is 44.5 Å². The lowest BCUT2D eigenvalue weighted by Gasteiger charge is -2.37. The Labute approximate surface area is 271 Å². The number of rotatable bonds is 2. The fourth-order valence-corrected chi connectivity index (χ4v) is 8.49. The highest BCUT2D eigenvalue weighted by Gasteiger charge is 2.35. The van der Waals surface area contributed by atoms with Crippen LogP contribution in [0.15, 0.2) is 152 Å². The van der Waals surface area contributed by atoms with Gasteiger partial charge in [0.1, 0.15) is 5.65 Å². The SMILES string of the molecule is C1=CC2C=CC=C3c4ccc(-c5cccc(-c6ccc7c(c6)c6ccccc6n6c8ccccc8nc76)n5)c5cccc(c45)C(=C1)C32. The smallest absolute Gasteiger partial charge is 0.146 e. The summed E-state index contributed by atoms with van der Waals surface area (Å²) in [5, 5.41) is 6.13. The maximum Gasteiger partial charge on any atom is 0.146 e. The molecule has 0 amide bonds. The predicted molar refractivity (Wildman–Crippen MR) is 195 cm³/mol. The maximum atomic E-state index is 5.32. The number of pyridine rings is 2. The van der Waals surface area contributed by atoms with Crippen molar-refractivity contribution in [3.63, 3.8) is 0 Å². The fraction of sp³-hybridized carbons (Fsp3) is 0.0455. The summed E-state index contributed by atoms with van der Waals surface area (Å²) < 4.78 is 2.30. The van der Waals surface area contributed by atoms with Gasteiger partial charge in [-0.25, -0.2) is 9.97 Å². The van der Waals surface area contributed by atoms with Crippen LogP contribution in [0, 0.1) is 11.8 Å². The average molecular weight is 598 g/mol. The minimum Gasteiger partial charge on any atom is -0.292 e. The first-order chi connectivity index (χ1) is 23.3. The standard InChI is InChI=1S/C44H27N3/c1-3-19-40-29(11-1)36-25-27(21-22-35(36)44-46-39-16-2-4-20-41(39)47(40)44)37-17-8-18-38(45-37)28-23-24-34-32-13-6-10-26-9-5-12-31(42(26)32)33-15-7-14-30(28)43(33)34/h1-26,42H. The van der Waals surface area contributed by atoms with Crippen molar-refractivity contribution < 1.29 is 0 Å². The molecule has 0 fully saturated rings. The number of nitrogens with zero attached hydrogens (tertiary/aromatic N) is 3. The van der Waals surface area contributed by atoms with E-state index in [9.17, 15) is 0 Å². The van der Waals surface area contributed by atoms with E-state index in [2.05, 4.69) is 156 Å². The molecule has 5 aromatic carbocycles. The highest BCUT2D eigenvalue weighted by Crippen LogP contribution is 2.53. The first kappa shape index (κ1) is 25.2. The summed E-state index contributed by atoms with van der Waals surface area (Å²) in [6.07, 6.45) is 13.8. The maximum absolute atomic E-state index is 5.32. The van der Waals surface area contributed by atoms with E-state index in [1.54, 1.807) is 0 Å². The van der Waals surface area contributed by atoms with Gasteiger partial charge in [-0.05, 0) is 80.9 Å². The molecule has 3 heterocycles. The number of hydrogen-bond acceptors (Lipinski definition) is 2. The molecule has 2 unspecified atom stereocenters. The normalized spacial score (nSPS) is 17.9. The molecule has 0 N–H and O–H groups in total. The number of para-hydroxylation sites is 3. The van der Waals surface area contributed by atoms with Gasteiger partial charge < -0.3 is 0 Å². The molecule has 11 rings (SSSR count). The Hall–Kier alpha value is -6.06. The Morgan fingerprint density at radius 1 is 0.511 bits per heavy atom. The Balaban J connectivity index is 1.10. The van der Waals surface area contributed by atoms with E-state index < -0.39 is 0 Å². The van der Waals surface area contributed by atoms with Gasteiger partial charge in [0.25, 0.3) is 0 Å². The Bertz CT molecular complexity index is 2770. The zero-order valence-electron chi connectivity index (χ0n) is 25.4. The third-order valence-electron chi connectivity index (χ3n) is 10.5. The van der Waals surface area contributed by atoms with E-state index in [1.165, 1.54) is 49.4 Å². The van der Waals surface area contributed by atoms with Gasteiger partial charge in [0.2, 0.25) is 0 Å². The summed E-state index contributed by atoms with van der Waals surface area (Å²) in [6, 6.07) is 41.6. The van der Waals surface area contributed by atoms with E-state index in [-0.39, 0.29) is 0 Å². The van der Waals surface area contributed by atoms with Crippen molar-refractivity contribution in [2.24, 2.45) is 11.8 Å². The molecule has 3 nitrogen and oxygen atoms in total. The molecule has 3 heteroatoms. The summed E-state index contributed by atoms with van der Waals surface area (Å²) in [7, 11) is 0. The molecule has 0 saturated carbocycles. The van der Waals surface area contributed by atoms with Crippen LogP contribution in [0.25, 0.3) is 82.8 Å². The van der Waals surface area contributed by atoms with Gasteiger partial charge in [-0.1, -0.05) is 109 Å². The van der Waals surface area contributed by atoms with Crippen molar-refractivity contribution in [1.82, 2.24) is 14.4 Å². The molecular formula is C44H27N3. The largest absolute Gasteiger partial charge is 0.292 e. The topological polar surface area (TPSA) is 30.2 Å². The van der Waals surface area contributed by atoms with Gasteiger partial charge >= 0.3 is 0 Å². The zero-order chi connectivity index (χ0) is 30.6. The van der Waals surface area contributed by atoms with Crippen LogP contribution in [0.5, 0.6) is 0 Å². The Morgan fingerprint density at radius 3 is 2.13 bits per heavy atom. The first-order valence-corrected chi connectivity index (χ1v) is 16.3. The van der Waals surface area contributed by atoms with E-state index >= 15 is 0 Å². The number of aromatic nitrogens is 3. The van der Waals surface area contributed by atoms with Crippen LogP contribution in [0.4, 0.5) is 0 Å². The third kappa shape index (κ3) is 3.40. The van der Waals surface area contributed by atoms with Crippen molar-refractivity contribution in [1.29, 1.82) is 0 Å². The van der Waals surface area contributed by atoms with Crippen LogP contribution in [-0.4, -0.2) is 14.4 Å². The van der Waals surface area contributed by atoms with E-state index in [0.29, 0.717) is 11.8 Å². The Morgan fingerprint density at radius 2 is 1.23 bits per heavy atom. The summed E-state index contributed by atoms with van der Waals surface area (Å²) >= 11 is 0. The van der Waals surface area contributed by atoms with E-state index in [4.69, 9.17) is 9.97 Å². The van der Waals surface area contributed by atoms with Gasteiger partial charge in [-0.3, -0.25) is 4.40 Å². The van der Waals surface area contributed by atoms with Crippen LogP contribution in [-0.2, 0) is 0 Å². The van der Waals surface area contributed by atoms with Gasteiger partial charge in [-0.2, -0.15) is 0 Å². The second-order valence-electron chi connectivity index (χ2n) is 12.9. The lowest BCUT2D eigenvalue weighted by Crippen LogP contribution is -2.22. The molecule has 0 bridgehead atoms. The lowest BCUT2D eigenvalue weighted by molar-refractivity contribution is 0.693. The predicted octanol–water partition coefficient (Wildman–Crippen LogP) is 10.8. The van der Waals surface area contributed by atoms with Gasteiger partial charge in [0.05, 0.1) is 27.9 Å². The number of hydrogen-bond donors (Lipinski definition) is 0. The summed E-state index contributed by atoms with van der Waals surface area (Å²) in [4.78, 5) is 10.4. The quantitative estimate of drug-likeness (QED) is 0.186. The summed E-state index contributed by atoms with van der Waals surface area (Å²) in [6.45, 7) is 0. The average Bonchev–Trinajstić information content (AvgIpc) is 3.54. The van der Waals surface area contributed by atoms with Gasteiger partial charge in [-0.15, -0.1) is 0 Å². The third-order valence-corrected chi connectivity index (χ3v) is 10.5. The van der Waals surface area contributed by atoms with Crippen LogP contribution in [0.1, 0.15) is 11.1 Å². The van der Waals surface area contributed by atoms with Crippen LogP contribution < -0.4 is 0 Å². The molecule has 218 valence electrons. The molecule has 0 radical (unpaired) electrons. The highest BCUT2D eigenvalue weighted by molar-refractivity contribution is 6.15. The summed E-state index contributed by atoms with van der Waals surface area (Å²) in [5.41, 5.74) is 14.0. The minimum absolute atomic E-state index is 0.390. The van der Waals surface area contributed by atoms with Gasteiger partial charge in [0.15, 0.2) is 0 Å². The van der Waals surface area contributed by atoms with E-state index in [1.807, 2.05) is 0 Å². The number of allylic oxidation sites excluding steroid dienone is 8. The number of imidazole rings is 1. The molecular weight excluding hydrogens is 571 g/mol. The van der Waals surface area contributed by atoms with Crippen molar-refractivity contribution in [3.8, 4) is 22.5 Å². The van der Waals surface area contributed by atoms with Crippen molar-refractivity contribution in [2.45, 2.75) is 0 Å². The highest BCUT2D eigenvalue weighted by atomic mass is 15.0. The summed E-state index contributed by atoms with van der Waals surface area (Å²) in [5.74, 6) is 0.806. The molecule has 0 saturated heterocycles. The zero-order valence-corrected chi connectivity index (χ0v) is 25.4. The van der Waals surface area contributed by atoms with Crippen molar-refractivity contribution in [3.05, 3.63) is 163 Å². The lowest BCUT2D eigenvalue weighted by atomic mass is 9.66. The van der Waals surface area contributed by atoms with Crippen molar-refractivity contribution in [2.75, 3.05) is 0 Å². The molecule has 3 aliphatic carbocycles. The molecule has 2 atom stereocenters. The van der Waals surface area contributed by atoms with Crippen LogP contribution in [0.2, 0.25) is 0 Å². The first-order valence-electron chi connectivity index (χ1n) is 16.3. The number of fused-ring (bicyclic) bond motifs is 10. The molecule has 0 aliphatic heterocycles. The second kappa shape index (κ2) is 9.24. The monoisotopic (exact) mass is 597 g/mol. The minimum atomic E-state index is 0.390. The fourth-order valence-electron chi connectivity index (χ4n) is 8.49.